The minimum atomic E-state index is -5.34. The third kappa shape index (κ3) is 4.02. The number of carbonyl (C=O) groups is 1. The van der Waals surface area contributed by atoms with Gasteiger partial charge in [-0.05, 0) is 24.3 Å². The van der Waals surface area contributed by atoms with Gasteiger partial charge in [0, 0.05) is 11.1 Å². The van der Waals surface area contributed by atoms with Crippen LogP contribution in [0.2, 0.25) is 0 Å². The van der Waals surface area contributed by atoms with Gasteiger partial charge < -0.3 is 0 Å². The molecule has 1 aliphatic rings. The molecule has 134 valence electrons. The molecule has 4 nitrogen and oxygen atoms in total. The molecule has 0 fully saturated rings. The number of alkyl halides is 6. The van der Waals surface area contributed by atoms with Gasteiger partial charge in [0.15, 0.2) is 0 Å². The molecular formula is C13H11F6NO3S. The number of carbonyl (C=O) groups excluding carboxylic acids is 1. The average Bonchev–Trinajstić information content (AvgIpc) is 2.77. The Morgan fingerprint density at radius 3 is 2.25 bits per heavy atom. The number of rotatable bonds is 2. The van der Waals surface area contributed by atoms with Crippen molar-refractivity contribution < 1.29 is 40.2 Å². The molecule has 24 heavy (non-hydrogen) atoms. The molecule has 1 heterocycles. The average molecular weight is 375 g/mol. The predicted molar refractivity (Wildman–Crippen MR) is 75.6 cm³/mol. The molecule has 1 unspecified atom stereocenters. The van der Waals surface area contributed by atoms with E-state index in [4.69, 9.17) is 0 Å². The third-order valence-corrected chi connectivity index (χ3v) is 4.60. The Labute approximate surface area is 133 Å². The molecule has 0 saturated heterocycles. The van der Waals surface area contributed by atoms with Crippen LogP contribution >= 0.6 is 10.6 Å². The fourth-order valence-corrected chi connectivity index (χ4v) is 3.47. The number of hydrogen-bond acceptors (Lipinski definition) is 3. The van der Waals surface area contributed by atoms with Crippen molar-refractivity contribution in [2.45, 2.75) is 18.4 Å². The first kappa shape index (κ1) is 18.6. The van der Waals surface area contributed by atoms with Crippen LogP contribution < -0.4 is 4.90 Å². The van der Waals surface area contributed by atoms with Crippen molar-refractivity contribution in [2.24, 2.45) is 0 Å². The highest BCUT2D eigenvalue weighted by atomic mass is 32.3. The second-order valence-corrected chi connectivity index (χ2v) is 7.04. The van der Waals surface area contributed by atoms with Gasteiger partial charge >= 0.3 is 18.3 Å². The molecule has 0 spiro atoms. The number of hydrogen-bond donors (Lipinski definition) is 2. The lowest BCUT2D eigenvalue weighted by Crippen LogP contribution is -2.47. The van der Waals surface area contributed by atoms with Gasteiger partial charge in [-0.2, -0.15) is 36.9 Å². The number of benzene rings is 1. The lowest BCUT2D eigenvalue weighted by molar-refractivity contribution is -0.170. The van der Waals surface area contributed by atoms with Crippen LogP contribution in [-0.4, -0.2) is 33.0 Å². The molecule has 2 N–H and O–H groups in total. The summed E-state index contributed by atoms with van der Waals surface area (Å²) in [5.41, 5.74) is -1.87. The van der Waals surface area contributed by atoms with Crippen LogP contribution in [-0.2, 0) is 11.0 Å². The van der Waals surface area contributed by atoms with Gasteiger partial charge in [0.25, 0.3) is 0 Å². The topological polar surface area (TPSA) is 60.8 Å². The first-order valence-electron chi connectivity index (χ1n) is 6.33. The smallest absolute Gasteiger partial charge is 0.296 e. The van der Waals surface area contributed by atoms with Crippen LogP contribution in [0, 0.1) is 0 Å². The van der Waals surface area contributed by atoms with E-state index in [1.165, 1.54) is 0 Å². The molecule has 1 aromatic carbocycles. The monoisotopic (exact) mass is 375 g/mol. The van der Waals surface area contributed by atoms with E-state index in [2.05, 4.69) is 0 Å². The standard InChI is InChI=1S/C13H11F6NO3S/c14-12(15,16)8-2-1-3-9(6-8)20(11(21)13(17,18)19)10-4-5-24(22,23)7-10/h1-6,10,22-23H,7H2. The molecule has 2 rings (SSSR count). The first-order chi connectivity index (χ1) is 10.8. The molecular weight excluding hydrogens is 364 g/mol. The zero-order valence-corrected chi connectivity index (χ0v) is 12.5. The maximum Gasteiger partial charge on any atom is 0.471 e. The van der Waals surface area contributed by atoms with Gasteiger partial charge in [-0.1, -0.05) is 6.07 Å². The Balaban J connectivity index is 2.48. The molecule has 0 aromatic heterocycles. The van der Waals surface area contributed by atoms with Gasteiger partial charge in [0.2, 0.25) is 0 Å². The minimum absolute atomic E-state index is 0.0902. The van der Waals surface area contributed by atoms with E-state index < -0.39 is 51.9 Å². The van der Waals surface area contributed by atoms with Crippen LogP contribution in [0.15, 0.2) is 35.7 Å². The zero-order chi connectivity index (χ0) is 18.3. The minimum Gasteiger partial charge on any atom is -0.296 e. The second kappa shape index (κ2) is 5.97. The fourth-order valence-electron chi connectivity index (χ4n) is 2.17. The van der Waals surface area contributed by atoms with Crippen LogP contribution in [0.3, 0.4) is 0 Å². The Morgan fingerprint density at radius 1 is 1.17 bits per heavy atom. The molecule has 0 saturated carbocycles. The van der Waals surface area contributed by atoms with Crippen LogP contribution in [0.25, 0.3) is 0 Å². The van der Waals surface area contributed by atoms with Crippen molar-refractivity contribution in [1.29, 1.82) is 0 Å². The van der Waals surface area contributed by atoms with E-state index in [0.717, 1.165) is 23.6 Å². The fraction of sp³-hybridized carbons (Fsp3) is 0.308. The van der Waals surface area contributed by atoms with Crippen molar-refractivity contribution in [1.82, 2.24) is 0 Å². The second-order valence-electron chi connectivity index (χ2n) is 5.00. The van der Waals surface area contributed by atoms with E-state index >= 15 is 0 Å². The lowest BCUT2D eigenvalue weighted by atomic mass is 10.1. The Hall–Kier alpha value is -1.72. The van der Waals surface area contributed by atoms with Gasteiger partial charge in [0.1, 0.15) is 0 Å². The summed E-state index contributed by atoms with van der Waals surface area (Å²) in [5, 5.41) is 0.849. The molecule has 1 atom stereocenters. The summed E-state index contributed by atoms with van der Waals surface area (Å²) < 4.78 is 95.6. The quantitative estimate of drug-likeness (QED) is 0.760. The zero-order valence-electron chi connectivity index (χ0n) is 11.7. The highest BCUT2D eigenvalue weighted by Crippen LogP contribution is 2.47. The van der Waals surface area contributed by atoms with E-state index in [1.807, 2.05) is 0 Å². The van der Waals surface area contributed by atoms with Crippen molar-refractivity contribution in [3.63, 3.8) is 0 Å². The summed E-state index contributed by atoms with van der Waals surface area (Å²) in [4.78, 5) is 11.7. The molecule has 11 heteroatoms. The van der Waals surface area contributed by atoms with Gasteiger partial charge in [-0.3, -0.25) is 18.8 Å². The summed E-state index contributed by atoms with van der Waals surface area (Å²) in [6.07, 6.45) is -9.19. The summed E-state index contributed by atoms with van der Waals surface area (Å²) in [6.45, 7) is 0. The third-order valence-electron chi connectivity index (χ3n) is 3.18. The SMILES string of the molecule is O=C(N(c1cccc(C(F)(F)F)c1)C1C=CS(O)(O)C1)C(F)(F)F. The summed E-state index contributed by atoms with van der Waals surface area (Å²) >= 11 is 0. The maximum absolute atomic E-state index is 12.8. The van der Waals surface area contributed by atoms with Gasteiger partial charge in [-0.25, -0.2) is 0 Å². The lowest BCUT2D eigenvalue weighted by Gasteiger charge is -2.32. The Morgan fingerprint density at radius 2 is 1.79 bits per heavy atom. The van der Waals surface area contributed by atoms with Crippen molar-refractivity contribution in [3.05, 3.63) is 41.3 Å². The van der Waals surface area contributed by atoms with Crippen molar-refractivity contribution >= 4 is 22.2 Å². The largest absolute Gasteiger partial charge is 0.471 e. The van der Waals surface area contributed by atoms with Crippen LogP contribution in [0.4, 0.5) is 32.0 Å². The summed E-state index contributed by atoms with van der Waals surface area (Å²) in [5.74, 6) is -3.01. The number of amides is 1. The van der Waals surface area contributed by atoms with Crippen molar-refractivity contribution in [3.8, 4) is 0 Å². The summed E-state index contributed by atoms with van der Waals surface area (Å²) in [6, 6.07) is 1.41. The first-order valence-corrected chi connectivity index (χ1v) is 8.11. The molecule has 1 aromatic rings. The van der Waals surface area contributed by atoms with E-state index in [1.54, 1.807) is 0 Å². The predicted octanol–water partition coefficient (Wildman–Crippen LogP) is 4.25. The summed E-state index contributed by atoms with van der Waals surface area (Å²) in [7, 11) is -3.33. The van der Waals surface area contributed by atoms with Crippen LogP contribution in [0.1, 0.15) is 5.56 Å². The normalized spacial score (nSPS) is 21.6. The molecule has 0 aliphatic carbocycles. The van der Waals surface area contributed by atoms with Crippen molar-refractivity contribution in [2.75, 3.05) is 10.7 Å². The Bertz CT molecular complexity index is 670. The molecule has 1 amide bonds. The van der Waals surface area contributed by atoms with E-state index in [-0.39, 0.29) is 4.90 Å². The number of nitrogens with zero attached hydrogens (tertiary/aromatic N) is 1. The number of halogens is 6. The highest BCUT2D eigenvalue weighted by molar-refractivity contribution is 8.27. The molecule has 1 aliphatic heterocycles. The maximum atomic E-state index is 12.8. The van der Waals surface area contributed by atoms with Gasteiger partial charge in [0.05, 0.1) is 17.4 Å². The van der Waals surface area contributed by atoms with E-state index in [9.17, 15) is 40.2 Å². The van der Waals surface area contributed by atoms with E-state index in [0.29, 0.717) is 12.1 Å². The van der Waals surface area contributed by atoms with Crippen LogP contribution in [0.5, 0.6) is 0 Å². The highest BCUT2D eigenvalue weighted by Gasteiger charge is 2.46. The van der Waals surface area contributed by atoms with Gasteiger partial charge in [-0.15, -0.1) is 0 Å². The Kier molecular flexibility index (Phi) is 4.63. The molecule has 0 radical (unpaired) electrons. The molecule has 0 bridgehead atoms. The number of anilines is 1.